The summed E-state index contributed by atoms with van der Waals surface area (Å²) in [5.74, 6) is 1.56. The highest BCUT2D eigenvalue weighted by molar-refractivity contribution is 5.82. The summed E-state index contributed by atoms with van der Waals surface area (Å²) < 4.78 is 22.5. The quantitative estimate of drug-likeness (QED) is 0.700. The average molecular weight is 441 g/mol. The van der Waals surface area contributed by atoms with E-state index in [1.54, 1.807) is 18.1 Å². The van der Waals surface area contributed by atoms with E-state index in [1.165, 1.54) is 0 Å². The molecule has 4 atom stereocenters. The fourth-order valence-corrected chi connectivity index (χ4v) is 4.98. The Hall–Kier alpha value is -2.78. The van der Waals surface area contributed by atoms with Gasteiger partial charge in [-0.05, 0) is 31.6 Å². The molecule has 1 unspecified atom stereocenters. The summed E-state index contributed by atoms with van der Waals surface area (Å²) in [7, 11) is 3.47. The summed E-state index contributed by atoms with van der Waals surface area (Å²) in [4.78, 5) is 24.2. The minimum Gasteiger partial charge on any atom is -0.378 e. The molecule has 170 valence electrons. The number of aryl methyl sites for hydroxylation is 1. The molecular weight excluding hydrogens is 411 g/mol. The maximum Gasteiger partial charge on any atom is 0.239 e. The van der Waals surface area contributed by atoms with Gasteiger partial charge in [-0.15, -0.1) is 0 Å². The molecule has 4 bridgehead atoms. The standard InChI is InChI=1S/C23H29FN6O2/c1-13-26-19-8-14(24)7-17-18-5-4-6-21(28-18)27-15-9-20(25-10-15)23(31)29(2)11-16(32-3)12-30(13)22(17)19/h4-7,14-16,20,25H,8-12H2,1-3H3,(H,27,28)/t14?,15-,16-,20-/m0/s1. The van der Waals surface area contributed by atoms with Crippen LogP contribution >= 0.6 is 0 Å². The van der Waals surface area contributed by atoms with Crippen molar-refractivity contribution in [3.63, 3.8) is 0 Å². The lowest BCUT2D eigenvalue weighted by Gasteiger charge is -2.27. The number of nitrogens with one attached hydrogen (secondary N) is 2. The van der Waals surface area contributed by atoms with Gasteiger partial charge in [-0.25, -0.2) is 14.4 Å². The summed E-state index contributed by atoms with van der Waals surface area (Å²) >= 11 is 0. The molecule has 5 rings (SSSR count). The number of hydrogen-bond donors (Lipinski definition) is 2. The summed E-state index contributed by atoms with van der Waals surface area (Å²) in [5.41, 5.74) is 3.08. The molecule has 2 aromatic rings. The largest absolute Gasteiger partial charge is 0.378 e. The van der Waals surface area contributed by atoms with Crippen LogP contribution in [0.3, 0.4) is 0 Å². The van der Waals surface area contributed by atoms with Crippen molar-refractivity contribution in [2.75, 3.05) is 32.6 Å². The third kappa shape index (κ3) is 3.80. The van der Waals surface area contributed by atoms with E-state index in [1.807, 2.05) is 32.2 Å². The Labute approximate surface area is 186 Å². The number of carbonyl (C=O) groups excluding carboxylic acids is 1. The Balaban J connectivity index is 1.62. The number of amides is 1. The molecular formula is C23H29FN6O2. The highest BCUT2D eigenvalue weighted by atomic mass is 19.1. The van der Waals surface area contributed by atoms with E-state index in [9.17, 15) is 9.18 Å². The Morgan fingerprint density at radius 1 is 1.25 bits per heavy atom. The van der Waals surface area contributed by atoms with Gasteiger partial charge in [-0.3, -0.25) is 4.79 Å². The molecule has 2 aromatic heterocycles. The van der Waals surface area contributed by atoms with Crippen LogP contribution < -0.4 is 10.6 Å². The van der Waals surface area contributed by atoms with E-state index in [0.29, 0.717) is 37.6 Å². The van der Waals surface area contributed by atoms with Crippen molar-refractivity contribution >= 4 is 17.3 Å². The fraction of sp³-hybridized carbons (Fsp3) is 0.522. The zero-order chi connectivity index (χ0) is 22.4. The van der Waals surface area contributed by atoms with Crippen LogP contribution in [0.4, 0.5) is 10.2 Å². The monoisotopic (exact) mass is 440 g/mol. The fourth-order valence-electron chi connectivity index (χ4n) is 4.98. The minimum atomic E-state index is -1.11. The highest BCUT2D eigenvalue weighted by Gasteiger charge is 2.34. The maximum absolute atomic E-state index is 14.7. The molecule has 2 N–H and O–H groups in total. The Morgan fingerprint density at radius 3 is 2.91 bits per heavy atom. The van der Waals surface area contributed by atoms with Gasteiger partial charge in [0.2, 0.25) is 5.91 Å². The topological polar surface area (TPSA) is 84.3 Å². The molecule has 0 aromatic carbocycles. The van der Waals surface area contributed by atoms with Gasteiger partial charge >= 0.3 is 0 Å². The smallest absolute Gasteiger partial charge is 0.239 e. The van der Waals surface area contributed by atoms with Crippen LogP contribution in [0.1, 0.15) is 29.3 Å². The van der Waals surface area contributed by atoms with Crippen LogP contribution in [-0.2, 0) is 22.5 Å². The van der Waals surface area contributed by atoms with Crippen molar-refractivity contribution in [1.29, 1.82) is 0 Å². The van der Waals surface area contributed by atoms with Crippen LogP contribution in [0.15, 0.2) is 24.3 Å². The maximum atomic E-state index is 14.7. The molecule has 1 fully saturated rings. The average Bonchev–Trinajstić information content (AvgIpc) is 3.35. The lowest BCUT2D eigenvalue weighted by atomic mass is 9.95. The molecule has 3 aliphatic rings. The van der Waals surface area contributed by atoms with Crippen LogP contribution in [0.2, 0.25) is 0 Å². The van der Waals surface area contributed by atoms with Crippen molar-refractivity contribution in [3.8, 4) is 0 Å². The number of likely N-dealkylation sites (N-methyl/N-ethyl adjacent to an activating group) is 1. The number of alkyl halides is 1. The Kier molecular flexibility index (Phi) is 5.46. The van der Waals surface area contributed by atoms with Gasteiger partial charge in [-0.1, -0.05) is 6.07 Å². The van der Waals surface area contributed by atoms with Gasteiger partial charge in [0.05, 0.1) is 35.8 Å². The van der Waals surface area contributed by atoms with E-state index in [4.69, 9.17) is 9.72 Å². The Morgan fingerprint density at radius 2 is 2.09 bits per heavy atom. The first-order valence-electron chi connectivity index (χ1n) is 11.1. The molecule has 1 saturated heterocycles. The lowest BCUT2D eigenvalue weighted by Crippen LogP contribution is -2.45. The number of nitrogens with zero attached hydrogens (tertiary/aromatic N) is 4. The lowest BCUT2D eigenvalue weighted by molar-refractivity contribution is -0.133. The zero-order valence-electron chi connectivity index (χ0n) is 18.6. The summed E-state index contributed by atoms with van der Waals surface area (Å²) in [6.45, 7) is 3.56. The highest BCUT2D eigenvalue weighted by Crippen LogP contribution is 2.34. The molecule has 0 radical (unpaired) electrons. The van der Waals surface area contributed by atoms with E-state index >= 15 is 0 Å². The molecule has 0 saturated carbocycles. The second kappa shape index (κ2) is 8.29. The summed E-state index contributed by atoms with van der Waals surface area (Å²) in [5, 5.41) is 6.76. The van der Waals surface area contributed by atoms with Crippen LogP contribution in [0.25, 0.3) is 5.57 Å². The molecule has 32 heavy (non-hydrogen) atoms. The predicted octanol–water partition coefficient (Wildman–Crippen LogP) is 1.54. The van der Waals surface area contributed by atoms with E-state index in [2.05, 4.69) is 20.2 Å². The van der Waals surface area contributed by atoms with E-state index in [-0.39, 0.29) is 30.5 Å². The number of allylic oxidation sites excluding steroid dienone is 1. The van der Waals surface area contributed by atoms with Gasteiger partial charge in [0.1, 0.15) is 17.8 Å². The number of rotatable bonds is 1. The molecule has 2 aliphatic heterocycles. The van der Waals surface area contributed by atoms with Crippen molar-refractivity contribution in [2.45, 2.75) is 50.7 Å². The number of hydrogen-bond acceptors (Lipinski definition) is 6. The first-order chi connectivity index (χ1) is 15.4. The van der Waals surface area contributed by atoms with Crippen molar-refractivity contribution in [3.05, 3.63) is 47.2 Å². The molecule has 1 aliphatic carbocycles. The van der Waals surface area contributed by atoms with Gasteiger partial charge in [0.15, 0.2) is 0 Å². The first-order valence-corrected chi connectivity index (χ1v) is 11.1. The number of anilines is 1. The number of methoxy groups -OCH3 is 1. The molecule has 4 heterocycles. The zero-order valence-corrected chi connectivity index (χ0v) is 18.6. The summed E-state index contributed by atoms with van der Waals surface area (Å²) in [6.07, 6.45) is 1.23. The summed E-state index contributed by atoms with van der Waals surface area (Å²) in [6, 6.07) is 5.58. The minimum absolute atomic E-state index is 0.0539. The molecule has 9 heteroatoms. The van der Waals surface area contributed by atoms with Gasteiger partial charge in [0, 0.05) is 45.3 Å². The number of fused-ring (bicyclic) bond motifs is 5. The van der Waals surface area contributed by atoms with Crippen molar-refractivity contribution in [1.82, 2.24) is 24.8 Å². The molecule has 1 amide bonds. The first kappa shape index (κ1) is 21.1. The number of halogens is 1. The van der Waals surface area contributed by atoms with Crippen LogP contribution in [0.5, 0.6) is 0 Å². The number of aromatic nitrogens is 3. The second-order valence-electron chi connectivity index (χ2n) is 8.89. The van der Waals surface area contributed by atoms with Crippen LogP contribution in [-0.4, -0.2) is 76.9 Å². The third-order valence-electron chi connectivity index (χ3n) is 6.60. The number of imidazole rings is 1. The third-order valence-corrected chi connectivity index (χ3v) is 6.60. The van der Waals surface area contributed by atoms with Gasteiger partial charge in [0.25, 0.3) is 0 Å². The number of carbonyl (C=O) groups is 1. The number of pyridine rings is 1. The number of ether oxygens (including phenoxy) is 1. The van der Waals surface area contributed by atoms with E-state index in [0.717, 1.165) is 22.8 Å². The Bertz CT molecular complexity index is 1070. The molecule has 0 spiro atoms. The second-order valence-corrected chi connectivity index (χ2v) is 8.89. The van der Waals surface area contributed by atoms with Gasteiger partial charge in [-0.2, -0.15) is 0 Å². The predicted molar refractivity (Wildman–Crippen MR) is 119 cm³/mol. The van der Waals surface area contributed by atoms with Crippen molar-refractivity contribution in [2.24, 2.45) is 0 Å². The van der Waals surface area contributed by atoms with Crippen LogP contribution in [0, 0.1) is 6.92 Å². The SMILES string of the molecule is CO[C@H]1CN(C)C(=O)[C@@H]2C[C@@H](CN2)Nc2cccc(n2)C2=CC(F)Cc3nc(C)n(c32)C1. The van der Waals surface area contributed by atoms with Gasteiger partial charge < -0.3 is 24.8 Å². The van der Waals surface area contributed by atoms with Crippen molar-refractivity contribution < 1.29 is 13.9 Å². The van der Waals surface area contributed by atoms with E-state index < -0.39 is 6.17 Å². The molecule has 8 nitrogen and oxygen atoms in total. The normalized spacial score (nSPS) is 27.8.